The molecule has 9 N–H and O–H groups in total. The molecule has 5 unspecified atom stereocenters. The van der Waals surface area contributed by atoms with E-state index in [0.29, 0.717) is 0 Å². The van der Waals surface area contributed by atoms with Crippen molar-refractivity contribution in [1.82, 2.24) is 16.0 Å². The molecule has 0 aromatic heterocycles. The molecule has 14 nitrogen and oxygen atoms in total. The highest BCUT2D eigenvalue weighted by Gasteiger charge is 2.33. The maximum absolute atomic E-state index is 12.5. The summed E-state index contributed by atoms with van der Waals surface area (Å²) in [7, 11) is 0. The average molecular weight is 462 g/mol. The first kappa shape index (κ1) is 28.7. The van der Waals surface area contributed by atoms with Gasteiger partial charge < -0.3 is 42.1 Å². The van der Waals surface area contributed by atoms with Crippen LogP contribution in [-0.2, 0) is 28.8 Å². The molecular weight excluding hydrogens is 432 g/mol. The number of carbonyl (C=O) groups excluding carboxylic acids is 3. The van der Waals surface area contributed by atoms with Crippen LogP contribution < -0.4 is 21.7 Å². The van der Waals surface area contributed by atoms with E-state index >= 15 is 0 Å². The van der Waals surface area contributed by atoms with Crippen LogP contribution in [0, 0.1) is 5.92 Å². The van der Waals surface area contributed by atoms with Gasteiger partial charge in [0, 0.05) is 0 Å². The number of carboxylic acids is 3. The number of aliphatic hydroxyl groups is 1. The fourth-order valence-corrected chi connectivity index (χ4v) is 2.49. The molecule has 0 aromatic carbocycles. The molecule has 0 aliphatic rings. The van der Waals surface area contributed by atoms with Gasteiger partial charge in [-0.2, -0.15) is 0 Å². The molecule has 5 atom stereocenters. The highest BCUT2D eigenvalue weighted by atomic mass is 16.4. The van der Waals surface area contributed by atoms with Crippen LogP contribution in [0.15, 0.2) is 0 Å². The predicted octanol–water partition coefficient (Wildman–Crippen LogP) is -2.77. The summed E-state index contributed by atoms with van der Waals surface area (Å²) < 4.78 is 0. The van der Waals surface area contributed by atoms with Gasteiger partial charge in [-0.15, -0.1) is 0 Å². The smallest absolute Gasteiger partial charge is 0.326 e. The molecule has 182 valence electrons. The zero-order valence-electron chi connectivity index (χ0n) is 17.9. The zero-order chi connectivity index (χ0) is 25.2. The fraction of sp³-hybridized carbons (Fsp3) is 0.667. The van der Waals surface area contributed by atoms with Crippen LogP contribution in [0.5, 0.6) is 0 Å². The highest BCUT2D eigenvalue weighted by Crippen LogP contribution is 2.07. The first-order chi connectivity index (χ1) is 14.6. The van der Waals surface area contributed by atoms with Gasteiger partial charge >= 0.3 is 17.9 Å². The summed E-state index contributed by atoms with van der Waals surface area (Å²) in [6.45, 7) is 4.60. The molecule has 0 aromatic rings. The van der Waals surface area contributed by atoms with Crippen molar-refractivity contribution in [3.8, 4) is 0 Å². The third kappa shape index (κ3) is 10.7. The first-order valence-electron chi connectivity index (χ1n) is 9.66. The van der Waals surface area contributed by atoms with E-state index in [4.69, 9.17) is 15.9 Å². The van der Waals surface area contributed by atoms with Crippen LogP contribution in [0.1, 0.15) is 40.0 Å². The summed E-state index contributed by atoms with van der Waals surface area (Å²) in [5.41, 5.74) is 5.44. The van der Waals surface area contributed by atoms with Crippen LogP contribution in [0.4, 0.5) is 0 Å². The van der Waals surface area contributed by atoms with Gasteiger partial charge in [-0.1, -0.05) is 13.8 Å². The van der Waals surface area contributed by atoms with Gasteiger partial charge in [-0.25, -0.2) is 4.79 Å². The van der Waals surface area contributed by atoms with Gasteiger partial charge in [0.15, 0.2) is 0 Å². The van der Waals surface area contributed by atoms with Crippen LogP contribution in [0.3, 0.4) is 0 Å². The molecular formula is C18H30N4O10. The van der Waals surface area contributed by atoms with Crippen LogP contribution >= 0.6 is 0 Å². The zero-order valence-corrected chi connectivity index (χ0v) is 17.9. The summed E-state index contributed by atoms with van der Waals surface area (Å²) in [6, 6.07) is -6.34. The first-order valence-corrected chi connectivity index (χ1v) is 9.66. The molecule has 0 fully saturated rings. The summed E-state index contributed by atoms with van der Waals surface area (Å²) in [6.07, 6.45) is -3.16. The van der Waals surface area contributed by atoms with Gasteiger partial charge in [-0.3, -0.25) is 24.0 Å². The van der Waals surface area contributed by atoms with Crippen molar-refractivity contribution in [3.05, 3.63) is 0 Å². The Kier molecular flexibility index (Phi) is 11.9. The number of nitrogens with one attached hydrogen (secondary N) is 3. The standard InChI is InChI=1S/C18H30N4O10/c1-7(2)4-11(18(31)32)22-16(29)9(5-12(24)25)20-15(28)10(6-13(26)27)21-17(30)14(19)8(3)23/h7-11,14,23H,4-6,19H2,1-3H3,(H,20,28)(H,21,30)(H,22,29)(H,24,25)(H,26,27)(H,31,32). The minimum Gasteiger partial charge on any atom is -0.481 e. The summed E-state index contributed by atoms with van der Waals surface area (Å²) >= 11 is 0. The van der Waals surface area contributed by atoms with E-state index in [1.165, 1.54) is 6.92 Å². The Morgan fingerprint density at radius 3 is 1.41 bits per heavy atom. The van der Waals surface area contributed by atoms with E-state index in [0.717, 1.165) is 0 Å². The summed E-state index contributed by atoms with van der Waals surface area (Å²) in [4.78, 5) is 70.5. The second kappa shape index (κ2) is 13.2. The lowest BCUT2D eigenvalue weighted by molar-refractivity contribution is -0.145. The van der Waals surface area contributed by atoms with Crippen molar-refractivity contribution in [2.45, 2.75) is 70.3 Å². The Morgan fingerprint density at radius 1 is 0.719 bits per heavy atom. The molecule has 32 heavy (non-hydrogen) atoms. The second-order valence-corrected chi connectivity index (χ2v) is 7.61. The van der Waals surface area contributed by atoms with Gasteiger partial charge in [-0.05, 0) is 19.3 Å². The SMILES string of the molecule is CC(C)CC(NC(=O)C(CC(=O)O)NC(=O)C(CC(=O)O)NC(=O)C(N)C(C)O)C(=O)O. The van der Waals surface area contributed by atoms with Gasteiger partial charge in [0.05, 0.1) is 18.9 Å². The van der Waals surface area contributed by atoms with E-state index in [9.17, 15) is 39.0 Å². The molecule has 3 amide bonds. The van der Waals surface area contributed by atoms with Crippen LogP contribution in [0.25, 0.3) is 0 Å². The number of aliphatic carboxylic acids is 3. The van der Waals surface area contributed by atoms with Gasteiger partial charge in [0.25, 0.3) is 0 Å². The molecule has 0 aliphatic heterocycles. The van der Waals surface area contributed by atoms with E-state index in [1.807, 2.05) is 10.6 Å². The quantitative estimate of drug-likeness (QED) is 0.131. The third-order valence-corrected chi connectivity index (χ3v) is 4.17. The van der Waals surface area contributed by atoms with E-state index in [-0.39, 0.29) is 12.3 Å². The van der Waals surface area contributed by atoms with Crippen LogP contribution in [0.2, 0.25) is 0 Å². The molecule has 0 saturated carbocycles. The van der Waals surface area contributed by atoms with E-state index in [1.54, 1.807) is 13.8 Å². The van der Waals surface area contributed by atoms with E-state index < -0.39 is 78.7 Å². The van der Waals surface area contributed by atoms with E-state index in [2.05, 4.69) is 5.32 Å². The number of carboxylic acid groups (broad SMARTS) is 3. The van der Waals surface area contributed by atoms with Crippen LogP contribution in [-0.4, -0.2) is 86.3 Å². The molecule has 0 aliphatic carbocycles. The van der Waals surface area contributed by atoms with Crippen molar-refractivity contribution in [3.63, 3.8) is 0 Å². The lowest BCUT2D eigenvalue weighted by atomic mass is 10.0. The van der Waals surface area contributed by atoms with Crippen molar-refractivity contribution in [2.75, 3.05) is 0 Å². The van der Waals surface area contributed by atoms with Crippen molar-refractivity contribution in [1.29, 1.82) is 0 Å². The maximum atomic E-state index is 12.5. The Bertz CT molecular complexity index is 725. The maximum Gasteiger partial charge on any atom is 0.326 e. The van der Waals surface area contributed by atoms with Gasteiger partial charge in [0.2, 0.25) is 17.7 Å². The lowest BCUT2D eigenvalue weighted by Crippen LogP contribution is -2.58. The minimum absolute atomic E-state index is 0.0315. The Morgan fingerprint density at radius 2 is 1.09 bits per heavy atom. The third-order valence-electron chi connectivity index (χ3n) is 4.17. The topological polar surface area (TPSA) is 245 Å². The molecule has 0 saturated heterocycles. The molecule has 0 rings (SSSR count). The lowest BCUT2D eigenvalue weighted by Gasteiger charge is -2.24. The number of amides is 3. The Hall–Kier alpha value is -3.26. The molecule has 14 heteroatoms. The van der Waals surface area contributed by atoms with Gasteiger partial charge in [0.1, 0.15) is 24.2 Å². The average Bonchev–Trinajstić information content (AvgIpc) is 2.64. The minimum atomic E-state index is -1.76. The molecule has 0 radical (unpaired) electrons. The Balaban J connectivity index is 5.56. The largest absolute Gasteiger partial charge is 0.481 e. The fourth-order valence-electron chi connectivity index (χ4n) is 2.49. The molecule has 0 heterocycles. The number of nitrogens with two attached hydrogens (primary N) is 1. The monoisotopic (exact) mass is 462 g/mol. The molecule has 0 bridgehead atoms. The number of hydrogen-bond donors (Lipinski definition) is 8. The summed E-state index contributed by atoms with van der Waals surface area (Å²) in [5.74, 6) is -7.88. The van der Waals surface area contributed by atoms with Crippen molar-refractivity contribution in [2.24, 2.45) is 11.7 Å². The number of aliphatic hydroxyl groups excluding tert-OH is 1. The highest BCUT2D eigenvalue weighted by molar-refractivity contribution is 5.96. The molecule has 0 spiro atoms. The summed E-state index contributed by atoms with van der Waals surface area (Å²) in [5, 5.41) is 42.8. The number of hydrogen-bond acceptors (Lipinski definition) is 8. The Labute approximate surface area is 183 Å². The second-order valence-electron chi connectivity index (χ2n) is 7.61. The normalized spacial score (nSPS) is 15.6. The van der Waals surface area contributed by atoms with Crippen molar-refractivity contribution < 1.29 is 49.2 Å². The van der Waals surface area contributed by atoms with Crippen molar-refractivity contribution >= 4 is 35.6 Å². The number of rotatable bonds is 14. The number of carbonyl (C=O) groups is 6. The predicted molar refractivity (Wildman–Crippen MR) is 107 cm³/mol.